The number of hydrogen-bond donors (Lipinski definition) is 0. The van der Waals surface area contributed by atoms with Crippen molar-refractivity contribution < 1.29 is 9.59 Å². The van der Waals surface area contributed by atoms with Gasteiger partial charge in [0.15, 0.2) is 0 Å². The molecule has 5 heteroatoms. The first-order valence-electron chi connectivity index (χ1n) is 6.14. The Kier molecular flexibility index (Phi) is 3.28. The number of amides is 2. The Balaban J connectivity index is 1.85. The number of carbonyl (C=O) groups is 2. The van der Waals surface area contributed by atoms with Crippen molar-refractivity contribution in [1.29, 1.82) is 0 Å². The fourth-order valence-corrected chi connectivity index (χ4v) is 2.60. The molecule has 0 spiro atoms. The van der Waals surface area contributed by atoms with Crippen molar-refractivity contribution in [2.24, 2.45) is 0 Å². The van der Waals surface area contributed by atoms with Crippen LogP contribution in [0.4, 0.5) is 0 Å². The molecule has 0 aliphatic carbocycles. The van der Waals surface area contributed by atoms with Crippen molar-refractivity contribution in [2.45, 2.75) is 11.4 Å². The second-order valence-electron chi connectivity index (χ2n) is 4.47. The van der Waals surface area contributed by atoms with Crippen molar-refractivity contribution in [1.82, 2.24) is 9.88 Å². The molecule has 0 fully saturated rings. The first-order chi connectivity index (χ1) is 9.70. The average Bonchev–Trinajstić information content (AvgIpc) is 2.74. The summed E-state index contributed by atoms with van der Waals surface area (Å²) in [4.78, 5) is 30.7. The molecule has 0 N–H and O–H groups in total. The van der Waals surface area contributed by atoms with Crippen LogP contribution in [0.5, 0.6) is 0 Å². The van der Waals surface area contributed by atoms with Crippen molar-refractivity contribution >= 4 is 23.6 Å². The smallest absolute Gasteiger partial charge is 0.263 e. The van der Waals surface area contributed by atoms with Crippen molar-refractivity contribution in [2.75, 3.05) is 6.26 Å². The number of hydrogen-bond acceptors (Lipinski definition) is 4. The lowest BCUT2D eigenvalue weighted by Gasteiger charge is -2.13. The largest absolute Gasteiger partial charge is 0.270 e. The molecule has 2 heterocycles. The number of pyridine rings is 1. The van der Waals surface area contributed by atoms with E-state index in [1.165, 1.54) is 17.3 Å². The van der Waals surface area contributed by atoms with E-state index >= 15 is 0 Å². The second-order valence-corrected chi connectivity index (χ2v) is 5.35. The lowest BCUT2D eigenvalue weighted by atomic mass is 10.2. The molecule has 0 atom stereocenters. The normalized spacial score (nSPS) is 13.8. The zero-order valence-electron chi connectivity index (χ0n) is 10.9. The van der Waals surface area contributed by atoms with E-state index in [1.54, 1.807) is 17.8 Å². The highest BCUT2D eigenvalue weighted by atomic mass is 32.2. The predicted octanol–water partition coefficient (Wildman–Crippen LogP) is 2.60. The maximum absolute atomic E-state index is 12.2. The molecule has 0 radical (unpaired) electrons. The number of nitrogens with zero attached hydrogens (tertiary/aromatic N) is 2. The third kappa shape index (κ3) is 2.10. The number of aromatic nitrogens is 1. The van der Waals surface area contributed by atoms with Crippen LogP contribution in [0.3, 0.4) is 0 Å². The molecule has 1 aromatic carbocycles. The number of thioether (sulfide) groups is 1. The molecule has 2 aromatic rings. The van der Waals surface area contributed by atoms with Crippen LogP contribution in [0.15, 0.2) is 47.6 Å². The van der Waals surface area contributed by atoms with Gasteiger partial charge in [-0.2, -0.15) is 0 Å². The maximum Gasteiger partial charge on any atom is 0.263 e. The lowest BCUT2D eigenvalue weighted by molar-refractivity contribution is 0.0642. The highest BCUT2D eigenvalue weighted by Gasteiger charge is 2.35. The van der Waals surface area contributed by atoms with Gasteiger partial charge in [0.05, 0.1) is 17.7 Å². The van der Waals surface area contributed by atoms with E-state index in [0.717, 1.165) is 10.5 Å². The van der Waals surface area contributed by atoms with Gasteiger partial charge in [-0.15, -0.1) is 11.8 Å². The summed E-state index contributed by atoms with van der Waals surface area (Å²) in [6.45, 7) is 0.293. The monoisotopic (exact) mass is 284 g/mol. The summed E-state index contributed by atoms with van der Waals surface area (Å²) in [5.41, 5.74) is 1.76. The van der Waals surface area contributed by atoms with Gasteiger partial charge in [0.1, 0.15) is 0 Å². The fourth-order valence-electron chi connectivity index (χ4n) is 2.19. The number of rotatable bonds is 3. The Bertz CT molecular complexity index is 648. The van der Waals surface area contributed by atoms with Crippen LogP contribution >= 0.6 is 11.8 Å². The molecule has 20 heavy (non-hydrogen) atoms. The molecular formula is C15H12N2O2S. The Morgan fingerprint density at radius 3 is 2.40 bits per heavy atom. The summed E-state index contributed by atoms with van der Waals surface area (Å²) in [5.74, 6) is -0.520. The predicted molar refractivity (Wildman–Crippen MR) is 76.7 cm³/mol. The van der Waals surface area contributed by atoms with Gasteiger partial charge < -0.3 is 0 Å². The van der Waals surface area contributed by atoms with Crippen LogP contribution in [0.2, 0.25) is 0 Å². The van der Waals surface area contributed by atoms with Crippen LogP contribution < -0.4 is 0 Å². The minimum Gasteiger partial charge on any atom is -0.270 e. The molecule has 1 aliphatic rings. The van der Waals surface area contributed by atoms with Gasteiger partial charge in [0.2, 0.25) is 0 Å². The van der Waals surface area contributed by atoms with Gasteiger partial charge in [-0.25, -0.2) is 0 Å². The summed E-state index contributed by atoms with van der Waals surface area (Å²) in [5, 5.41) is 0. The van der Waals surface area contributed by atoms with E-state index in [1.807, 2.05) is 30.5 Å². The third-order valence-electron chi connectivity index (χ3n) is 3.27. The quantitative estimate of drug-likeness (QED) is 0.642. The highest BCUT2D eigenvalue weighted by Crippen LogP contribution is 2.24. The summed E-state index contributed by atoms with van der Waals surface area (Å²) in [7, 11) is 0. The average molecular weight is 284 g/mol. The second kappa shape index (κ2) is 5.09. The van der Waals surface area contributed by atoms with Crippen LogP contribution in [0.25, 0.3) is 0 Å². The molecule has 2 amide bonds. The Labute approximate surface area is 120 Å². The van der Waals surface area contributed by atoms with Crippen LogP contribution in [-0.2, 0) is 6.54 Å². The Morgan fingerprint density at radius 1 is 1.05 bits per heavy atom. The molecule has 4 nitrogen and oxygen atoms in total. The standard InChI is InChI=1S/C15H12N2O2S/c1-20-11-4-2-10(3-5-11)9-17-14(18)12-6-7-16-8-13(12)15(17)19/h2-8H,9H2,1H3. The summed E-state index contributed by atoms with van der Waals surface area (Å²) < 4.78 is 0. The van der Waals surface area contributed by atoms with Gasteiger partial charge in [0.25, 0.3) is 11.8 Å². The lowest BCUT2D eigenvalue weighted by Crippen LogP contribution is -2.29. The number of imide groups is 1. The first-order valence-corrected chi connectivity index (χ1v) is 7.36. The SMILES string of the molecule is CSc1ccc(CN2C(=O)c3ccncc3C2=O)cc1. The van der Waals surface area contributed by atoms with Crippen molar-refractivity contribution in [3.63, 3.8) is 0 Å². The molecule has 0 bridgehead atoms. The van der Waals surface area contributed by atoms with E-state index in [2.05, 4.69) is 4.98 Å². The first kappa shape index (κ1) is 12.9. The molecule has 0 saturated carbocycles. The number of carbonyl (C=O) groups excluding carboxylic acids is 2. The molecule has 0 unspecified atom stereocenters. The molecule has 1 aliphatic heterocycles. The van der Waals surface area contributed by atoms with Crippen LogP contribution in [0.1, 0.15) is 26.3 Å². The van der Waals surface area contributed by atoms with E-state index in [4.69, 9.17) is 0 Å². The van der Waals surface area contributed by atoms with Gasteiger partial charge >= 0.3 is 0 Å². The van der Waals surface area contributed by atoms with Crippen LogP contribution in [0, 0.1) is 0 Å². The topological polar surface area (TPSA) is 50.3 Å². The highest BCUT2D eigenvalue weighted by molar-refractivity contribution is 7.98. The van der Waals surface area contributed by atoms with Gasteiger partial charge in [-0.05, 0) is 30.0 Å². The van der Waals surface area contributed by atoms with E-state index in [9.17, 15) is 9.59 Å². The molecule has 1 aromatic heterocycles. The fraction of sp³-hybridized carbons (Fsp3) is 0.133. The summed E-state index contributed by atoms with van der Waals surface area (Å²) in [6, 6.07) is 9.44. The van der Waals surface area contributed by atoms with Gasteiger partial charge in [-0.1, -0.05) is 12.1 Å². The Hall–Kier alpha value is -2.14. The minimum absolute atomic E-state index is 0.249. The molecule has 0 saturated heterocycles. The van der Waals surface area contributed by atoms with E-state index in [0.29, 0.717) is 17.7 Å². The Morgan fingerprint density at radius 2 is 1.75 bits per heavy atom. The summed E-state index contributed by atoms with van der Waals surface area (Å²) >= 11 is 1.66. The maximum atomic E-state index is 12.2. The van der Waals surface area contributed by atoms with Gasteiger partial charge in [-0.3, -0.25) is 19.5 Å². The summed E-state index contributed by atoms with van der Waals surface area (Å²) in [6.07, 6.45) is 4.99. The van der Waals surface area contributed by atoms with Gasteiger partial charge in [0, 0.05) is 17.3 Å². The third-order valence-corrected chi connectivity index (χ3v) is 4.02. The van der Waals surface area contributed by atoms with Crippen LogP contribution in [-0.4, -0.2) is 28.0 Å². The number of fused-ring (bicyclic) bond motifs is 1. The molecular weight excluding hydrogens is 272 g/mol. The zero-order valence-corrected chi connectivity index (χ0v) is 11.7. The van der Waals surface area contributed by atoms with Crippen molar-refractivity contribution in [3.05, 3.63) is 59.4 Å². The van der Waals surface area contributed by atoms with E-state index < -0.39 is 0 Å². The number of benzene rings is 1. The minimum atomic E-state index is -0.271. The molecule has 100 valence electrons. The van der Waals surface area contributed by atoms with E-state index in [-0.39, 0.29) is 11.8 Å². The zero-order chi connectivity index (χ0) is 14.1. The van der Waals surface area contributed by atoms with Crippen molar-refractivity contribution in [3.8, 4) is 0 Å². The molecule has 3 rings (SSSR count).